The van der Waals surface area contributed by atoms with E-state index < -0.39 is 0 Å². The lowest BCUT2D eigenvalue weighted by Crippen LogP contribution is -2.03. The van der Waals surface area contributed by atoms with Gasteiger partial charge in [-0.3, -0.25) is 0 Å². The van der Waals surface area contributed by atoms with Crippen molar-refractivity contribution in [2.45, 2.75) is 13.0 Å². The molecule has 0 fully saturated rings. The lowest BCUT2D eigenvalue weighted by molar-refractivity contribution is 0.965. The number of nitrogens with one attached hydrogen (secondary N) is 1. The van der Waals surface area contributed by atoms with Crippen LogP contribution in [0.3, 0.4) is 0 Å². The maximum absolute atomic E-state index is 5.50. The van der Waals surface area contributed by atoms with E-state index in [4.69, 9.17) is 5.73 Å². The Morgan fingerprint density at radius 2 is 1.94 bits per heavy atom. The molecule has 5 heteroatoms. The second-order valence-electron chi connectivity index (χ2n) is 3.45. The van der Waals surface area contributed by atoms with E-state index in [9.17, 15) is 0 Å². The Balaban J connectivity index is 1.90. The largest absolute Gasteiger partial charge is 0.356 e. The van der Waals surface area contributed by atoms with Gasteiger partial charge in [0.05, 0.1) is 0 Å². The van der Waals surface area contributed by atoms with Crippen LogP contribution in [0.4, 0.5) is 5.13 Å². The summed E-state index contributed by atoms with van der Waals surface area (Å²) in [5.41, 5.74) is 9.72. The number of anilines is 1. The summed E-state index contributed by atoms with van der Waals surface area (Å²) in [5.74, 6) is 0. The van der Waals surface area contributed by atoms with E-state index in [-0.39, 0.29) is 0 Å². The molecule has 1 aromatic heterocycles. The van der Waals surface area contributed by atoms with Crippen molar-refractivity contribution in [2.75, 3.05) is 11.9 Å². The lowest BCUT2D eigenvalue weighted by atomic mass is 10.1. The molecule has 3 N–H and O–H groups in total. The molecule has 0 radical (unpaired) electrons. The Morgan fingerprint density at radius 1 is 1.19 bits per heavy atom. The van der Waals surface area contributed by atoms with Crippen molar-refractivity contribution >= 4 is 16.5 Å². The predicted molar refractivity (Wildman–Crippen MR) is 66.4 cm³/mol. The van der Waals surface area contributed by atoms with Gasteiger partial charge in [-0.1, -0.05) is 35.6 Å². The molecule has 0 atom stereocenters. The Morgan fingerprint density at radius 3 is 2.56 bits per heavy atom. The first-order chi connectivity index (χ1) is 7.88. The summed E-state index contributed by atoms with van der Waals surface area (Å²) in [4.78, 5) is 0. The molecule has 2 aromatic rings. The maximum Gasteiger partial charge on any atom is 0.205 e. The smallest absolute Gasteiger partial charge is 0.205 e. The third kappa shape index (κ3) is 3.01. The second-order valence-corrected chi connectivity index (χ2v) is 4.29. The molecule has 0 bridgehead atoms. The van der Waals surface area contributed by atoms with E-state index in [1.165, 1.54) is 22.5 Å². The zero-order chi connectivity index (χ0) is 11.2. The summed E-state index contributed by atoms with van der Waals surface area (Å²) >= 11 is 1.50. The number of nitrogens with zero attached hydrogens (tertiary/aromatic N) is 2. The van der Waals surface area contributed by atoms with Gasteiger partial charge in [0.1, 0.15) is 5.51 Å². The van der Waals surface area contributed by atoms with Gasteiger partial charge >= 0.3 is 0 Å². The van der Waals surface area contributed by atoms with Crippen LogP contribution in [0.15, 0.2) is 29.8 Å². The van der Waals surface area contributed by atoms with Gasteiger partial charge in [-0.2, -0.15) is 0 Å². The van der Waals surface area contributed by atoms with Crippen molar-refractivity contribution in [3.05, 3.63) is 40.9 Å². The highest BCUT2D eigenvalue weighted by Crippen LogP contribution is 2.11. The van der Waals surface area contributed by atoms with Crippen molar-refractivity contribution in [2.24, 2.45) is 5.73 Å². The van der Waals surface area contributed by atoms with E-state index in [0.29, 0.717) is 6.54 Å². The fourth-order valence-electron chi connectivity index (χ4n) is 1.42. The van der Waals surface area contributed by atoms with Gasteiger partial charge < -0.3 is 11.1 Å². The molecule has 0 aliphatic rings. The maximum atomic E-state index is 5.50. The summed E-state index contributed by atoms with van der Waals surface area (Å²) < 4.78 is 0. The quantitative estimate of drug-likeness (QED) is 0.825. The van der Waals surface area contributed by atoms with E-state index >= 15 is 0 Å². The number of nitrogens with two attached hydrogens (primary N) is 1. The molecule has 0 aliphatic carbocycles. The van der Waals surface area contributed by atoms with Crippen molar-refractivity contribution < 1.29 is 0 Å². The predicted octanol–water partition coefficient (Wildman–Crippen LogP) is 1.65. The monoisotopic (exact) mass is 234 g/mol. The molecule has 1 heterocycles. The minimum Gasteiger partial charge on any atom is -0.356 e. The summed E-state index contributed by atoms with van der Waals surface area (Å²) in [6.07, 6.45) is 0.935. The van der Waals surface area contributed by atoms with Gasteiger partial charge in [0, 0.05) is 6.54 Å². The van der Waals surface area contributed by atoms with Crippen LogP contribution in [-0.4, -0.2) is 16.7 Å². The van der Waals surface area contributed by atoms with Crippen LogP contribution < -0.4 is 11.1 Å². The highest BCUT2D eigenvalue weighted by molar-refractivity contribution is 7.13. The molecule has 1 aromatic carbocycles. The van der Waals surface area contributed by atoms with Gasteiger partial charge in [-0.05, 0) is 24.1 Å². The van der Waals surface area contributed by atoms with Gasteiger partial charge in [0.25, 0.3) is 0 Å². The van der Waals surface area contributed by atoms with E-state index in [0.717, 1.165) is 18.1 Å². The first-order valence-electron chi connectivity index (χ1n) is 5.16. The summed E-state index contributed by atoms with van der Waals surface area (Å²) in [5, 5.41) is 11.7. The third-order valence-electron chi connectivity index (χ3n) is 2.26. The Bertz CT molecular complexity index is 410. The number of rotatable bonds is 5. The number of aromatic nitrogens is 2. The fourth-order valence-corrected chi connectivity index (χ4v) is 1.86. The first kappa shape index (κ1) is 11.0. The zero-order valence-electron chi connectivity index (χ0n) is 8.89. The Kier molecular flexibility index (Phi) is 3.85. The highest BCUT2D eigenvalue weighted by Gasteiger charge is 1.97. The van der Waals surface area contributed by atoms with Gasteiger partial charge in [0.2, 0.25) is 5.13 Å². The average Bonchev–Trinajstić information content (AvgIpc) is 2.82. The van der Waals surface area contributed by atoms with Crippen molar-refractivity contribution in [1.82, 2.24) is 10.2 Å². The minimum absolute atomic E-state index is 0.697. The second kappa shape index (κ2) is 5.58. The molecule has 0 saturated carbocycles. The molecule has 0 unspecified atom stereocenters. The molecule has 0 amide bonds. The Hall–Kier alpha value is -1.46. The van der Waals surface area contributed by atoms with Crippen molar-refractivity contribution in [3.8, 4) is 0 Å². The number of hydrogen-bond acceptors (Lipinski definition) is 5. The topological polar surface area (TPSA) is 63.8 Å². The lowest BCUT2D eigenvalue weighted by Gasteiger charge is -2.04. The molecule has 0 spiro atoms. The van der Waals surface area contributed by atoms with Crippen LogP contribution in [0.1, 0.15) is 11.1 Å². The third-order valence-corrected chi connectivity index (χ3v) is 2.91. The van der Waals surface area contributed by atoms with E-state index in [2.05, 4.69) is 39.8 Å². The van der Waals surface area contributed by atoms with Crippen LogP contribution in [0.2, 0.25) is 0 Å². The van der Waals surface area contributed by atoms with Crippen LogP contribution in [0, 0.1) is 0 Å². The van der Waals surface area contributed by atoms with Crippen LogP contribution in [0.5, 0.6) is 0 Å². The van der Waals surface area contributed by atoms with Gasteiger partial charge in [0.15, 0.2) is 0 Å². The number of hydrogen-bond donors (Lipinski definition) is 2. The minimum atomic E-state index is 0.697. The van der Waals surface area contributed by atoms with E-state index in [1.54, 1.807) is 5.51 Å². The number of benzene rings is 1. The van der Waals surface area contributed by atoms with Crippen molar-refractivity contribution in [3.63, 3.8) is 0 Å². The molecule has 84 valence electrons. The van der Waals surface area contributed by atoms with Crippen LogP contribution in [-0.2, 0) is 13.0 Å². The molecule has 0 aliphatic heterocycles. The molecule has 16 heavy (non-hydrogen) atoms. The Labute approximate surface area is 98.5 Å². The molecule has 0 saturated heterocycles. The highest BCUT2D eigenvalue weighted by atomic mass is 32.1. The summed E-state index contributed by atoms with van der Waals surface area (Å²) in [6, 6.07) is 8.45. The zero-order valence-corrected chi connectivity index (χ0v) is 9.70. The van der Waals surface area contributed by atoms with Gasteiger partial charge in [-0.15, -0.1) is 10.2 Å². The molecular weight excluding hydrogens is 220 g/mol. The van der Waals surface area contributed by atoms with Crippen LogP contribution >= 0.6 is 11.3 Å². The summed E-state index contributed by atoms with van der Waals surface area (Å²) in [6.45, 7) is 1.47. The fraction of sp³-hybridized carbons (Fsp3) is 0.273. The van der Waals surface area contributed by atoms with Crippen molar-refractivity contribution in [1.29, 1.82) is 0 Å². The van der Waals surface area contributed by atoms with Gasteiger partial charge in [-0.25, -0.2) is 0 Å². The summed E-state index contributed by atoms with van der Waals surface area (Å²) in [7, 11) is 0. The van der Waals surface area contributed by atoms with E-state index in [1.807, 2.05) is 0 Å². The van der Waals surface area contributed by atoms with Crippen LogP contribution in [0.25, 0.3) is 0 Å². The normalized spacial score (nSPS) is 10.3. The first-order valence-corrected chi connectivity index (χ1v) is 6.04. The SMILES string of the molecule is NCCc1ccc(CNc2nncs2)cc1. The molecule has 4 nitrogen and oxygen atoms in total. The standard InChI is InChI=1S/C11H14N4S/c12-6-5-9-1-3-10(4-2-9)7-13-11-15-14-8-16-11/h1-4,8H,5-7,12H2,(H,13,15). The molecular formula is C11H14N4S. The molecule has 2 rings (SSSR count). The average molecular weight is 234 g/mol.